The second-order valence-electron chi connectivity index (χ2n) is 3.16. The Hall–Kier alpha value is 1.82. The zero-order chi connectivity index (χ0) is 9.82. The molecule has 0 aromatic rings. The van der Waals surface area contributed by atoms with Crippen LogP contribution in [-0.2, 0) is 19.5 Å². The SMILES string of the molecule is CCCC[C-](C)CCCC.[CH2-]C.[Li].[Li].[Zn+2]. The third-order valence-electron chi connectivity index (χ3n) is 1.91. The molecule has 0 N–H and O–H groups in total. The van der Waals surface area contributed by atoms with E-state index < -0.39 is 0 Å². The van der Waals surface area contributed by atoms with E-state index in [1.807, 2.05) is 0 Å². The molecule has 0 fully saturated rings. The Bertz CT molecular complexity index is 62.6. The quantitative estimate of drug-likeness (QED) is 0.492. The van der Waals surface area contributed by atoms with Crippen LogP contribution < -0.4 is 0 Å². The molecule has 0 heterocycles. The van der Waals surface area contributed by atoms with Gasteiger partial charge in [0.1, 0.15) is 0 Å². The fourth-order valence-corrected chi connectivity index (χ4v) is 1.08. The predicted octanol–water partition coefficient (Wildman–Crippen LogP) is 4.04. The zero-order valence-corrected chi connectivity index (χ0v) is 15.1. The molecule has 2 radical (unpaired) electrons. The van der Waals surface area contributed by atoms with Gasteiger partial charge in [-0.3, -0.25) is 0 Å². The van der Waals surface area contributed by atoms with Gasteiger partial charge in [-0.05, 0) is 0 Å². The van der Waals surface area contributed by atoms with E-state index in [2.05, 4.69) is 27.7 Å². The van der Waals surface area contributed by atoms with Gasteiger partial charge in [0.25, 0.3) is 0 Å². The minimum atomic E-state index is 0. The Morgan fingerprint density at radius 3 is 1.33 bits per heavy atom. The van der Waals surface area contributed by atoms with Gasteiger partial charge in [-0.1, -0.05) is 39.5 Å². The molecule has 0 saturated carbocycles. The molecule has 3 heteroatoms. The first-order valence-electron chi connectivity index (χ1n) is 5.33. The fourth-order valence-electron chi connectivity index (χ4n) is 1.08. The van der Waals surface area contributed by atoms with Gasteiger partial charge in [-0.25, -0.2) is 0 Å². The summed E-state index contributed by atoms with van der Waals surface area (Å²) in [5.41, 5.74) is 0. The summed E-state index contributed by atoms with van der Waals surface area (Å²) in [5.74, 6) is 1.70. The molecule has 0 aliphatic carbocycles. The molecule has 0 bridgehead atoms. The Kier molecular flexibility index (Phi) is 59.6. The molecule has 0 aliphatic heterocycles. The van der Waals surface area contributed by atoms with Crippen molar-refractivity contribution in [2.24, 2.45) is 0 Å². The second kappa shape index (κ2) is 29.7. The van der Waals surface area contributed by atoms with Crippen LogP contribution in [0.2, 0.25) is 0 Å². The van der Waals surface area contributed by atoms with Gasteiger partial charge in [-0.2, -0.15) is 26.7 Å². The summed E-state index contributed by atoms with van der Waals surface area (Å²) >= 11 is 0. The molecule has 0 amide bonds. The Morgan fingerprint density at radius 2 is 1.13 bits per heavy atom. The molecule has 0 rings (SSSR count). The average molecular weight is 250 g/mol. The molecular weight excluding hydrogens is 223 g/mol. The van der Waals surface area contributed by atoms with Gasteiger partial charge < -0.3 is 12.8 Å². The summed E-state index contributed by atoms with van der Waals surface area (Å²) in [6.45, 7) is 11.8. The first-order valence-corrected chi connectivity index (χ1v) is 5.33. The van der Waals surface area contributed by atoms with Gasteiger partial charge >= 0.3 is 19.5 Å². The van der Waals surface area contributed by atoms with Crippen molar-refractivity contribution in [2.45, 2.75) is 66.2 Å². The van der Waals surface area contributed by atoms with Gasteiger partial charge in [-0.15, -0.1) is 0 Å². The van der Waals surface area contributed by atoms with Crippen LogP contribution in [-0.4, -0.2) is 37.7 Å². The summed E-state index contributed by atoms with van der Waals surface area (Å²) in [7, 11) is 0. The summed E-state index contributed by atoms with van der Waals surface area (Å²) in [6.07, 6.45) is 8.16. The number of rotatable bonds is 6. The van der Waals surface area contributed by atoms with E-state index in [0.717, 1.165) is 0 Å². The van der Waals surface area contributed by atoms with Crippen LogP contribution in [0, 0.1) is 12.8 Å². The van der Waals surface area contributed by atoms with E-state index in [0.29, 0.717) is 0 Å². The topological polar surface area (TPSA) is 0 Å². The molecule has 15 heavy (non-hydrogen) atoms. The van der Waals surface area contributed by atoms with Crippen LogP contribution in [0.1, 0.15) is 66.2 Å². The van der Waals surface area contributed by atoms with Crippen LogP contribution in [0.5, 0.6) is 0 Å². The van der Waals surface area contributed by atoms with Crippen molar-refractivity contribution >= 4 is 37.7 Å². The van der Waals surface area contributed by atoms with E-state index in [-0.39, 0.29) is 57.2 Å². The van der Waals surface area contributed by atoms with Crippen LogP contribution in [0.15, 0.2) is 0 Å². The maximum atomic E-state index is 3.25. The second-order valence-corrected chi connectivity index (χ2v) is 3.16. The van der Waals surface area contributed by atoms with Gasteiger partial charge in [0.2, 0.25) is 0 Å². The molecule has 0 nitrogen and oxygen atoms in total. The third-order valence-corrected chi connectivity index (χ3v) is 1.91. The third kappa shape index (κ3) is 31.3. The number of unbranched alkanes of at least 4 members (excludes halogenated alkanes) is 2. The Balaban J connectivity index is -0.0000000626. The molecular formula is C12H26Li2Zn. The van der Waals surface area contributed by atoms with E-state index >= 15 is 0 Å². The van der Waals surface area contributed by atoms with Gasteiger partial charge in [0.05, 0.1) is 0 Å². The normalized spacial score (nSPS) is 7.60. The Labute approximate surface area is 135 Å². The van der Waals surface area contributed by atoms with Crippen molar-refractivity contribution in [2.75, 3.05) is 0 Å². The molecule has 0 aromatic carbocycles. The zero-order valence-electron chi connectivity index (χ0n) is 12.2. The van der Waals surface area contributed by atoms with Crippen molar-refractivity contribution in [1.82, 2.24) is 0 Å². The van der Waals surface area contributed by atoms with Crippen LogP contribution >= 0.6 is 0 Å². The average Bonchev–Trinajstić information content (AvgIpc) is 2.14. The molecule has 0 spiro atoms. The number of hydrogen-bond acceptors (Lipinski definition) is 0. The van der Waals surface area contributed by atoms with Crippen molar-refractivity contribution in [1.29, 1.82) is 0 Å². The number of hydrogen-bond donors (Lipinski definition) is 0. The van der Waals surface area contributed by atoms with E-state index in [1.54, 1.807) is 12.8 Å². The smallest absolute Gasteiger partial charge is 0.346 e. The molecule has 78 valence electrons. The van der Waals surface area contributed by atoms with Crippen molar-refractivity contribution in [3.63, 3.8) is 0 Å². The monoisotopic (exact) mass is 248 g/mol. The predicted molar refractivity (Wildman–Crippen MR) is 70.5 cm³/mol. The minimum absolute atomic E-state index is 0. The maximum Gasteiger partial charge on any atom is 2.00 e. The maximum absolute atomic E-state index is 3.25. The van der Waals surface area contributed by atoms with Crippen molar-refractivity contribution in [3.8, 4) is 0 Å². The first-order chi connectivity index (χ1) is 5.81. The van der Waals surface area contributed by atoms with Crippen LogP contribution in [0.4, 0.5) is 0 Å². The summed E-state index contributed by atoms with van der Waals surface area (Å²) in [4.78, 5) is 0. The van der Waals surface area contributed by atoms with Gasteiger partial charge in [0.15, 0.2) is 0 Å². The summed E-state index contributed by atoms with van der Waals surface area (Å²) in [5, 5.41) is 0. The van der Waals surface area contributed by atoms with E-state index in [1.165, 1.54) is 38.5 Å². The molecule has 0 aliphatic rings. The standard InChI is InChI=1S/C10H21.C2H5.2Li.Zn/c1-4-6-8-10(3)9-7-5-2;1-2;;;/h4-9H2,1-3H3;1H2,2H3;;;/q2*-1;;;+2. The molecule has 0 aromatic heterocycles. The first kappa shape index (κ1) is 30.1. The van der Waals surface area contributed by atoms with Crippen LogP contribution in [0.25, 0.3) is 0 Å². The van der Waals surface area contributed by atoms with Crippen molar-refractivity contribution < 1.29 is 19.5 Å². The summed E-state index contributed by atoms with van der Waals surface area (Å²) < 4.78 is 0. The minimum Gasteiger partial charge on any atom is -0.346 e. The van der Waals surface area contributed by atoms with Crippen LogP contribution in [0.3, 0.4) is 0 Å². The molecule has 0 atom stereocenters. The Morgan fingerprint density at radius 1 is 0.867 bits per heavy atom. The van der Waals surface area contributed by atoms with Crippen molar-refractivity contribution in [3.05, 3.63) is 12.8 Å². The molecule has 0 unspecified atom stereocenters. The summed E-state index contributed by atoms with van der Waals surface area (Å²) in [6, 6.07) is 0. The van der Waals surface area contributed by atoms with E-state index in [9.17, 15) is 0 Å². The largest absolute Gasteiger partial charge is 2.00 e. The molecule has 0 saturated heterocycles. The van der Waals surface area contributed by atoms with Gasteiger partial charge in [0, 0.05) is 37.7 Å². The fraction of sp³-hybridized carbons (Fsp3) is 0.833. The van der Waals surface area contributed by atoms with E-state index in [4.69, 9.17) is 0 Å².